The van der Waals surface area contributed by atoms with Gasteiger partial charge in [-0.3, -0.25) is 9.36 Å². The van der Waals surface area contributed by atoms with Crippen molar-refractivity contribution < 1.29 is 24.1 Å². The Morgan fingerprint density at radius 3 is 2.64 bits per heavy atom. The predicted molar refractivity (Wildman–Crippen MR) is 113 cm³/mol. The highest BCUT2D eigenvalue weighted by atomic mass is 31.1. The molecule has 1 aromatic rings. The van der Waals surface area contributed by atoms with E-state index < -0.39 is 26.5 Å². The van der Waals surface area contributed by atoms with Gasteiger partial charge in [0.2, 0.25) is 0 Å². The molecule has 2 unspecified atom stereocenters. The maximum atomic E-state index is 11.9. The van der Waals surface area contributed by atoms with Crippen LogP contribution in [0, 0.1) is 19.8 Å². The second-order valence-corrected chi connectivity index (χ2v) is 9.65. The van der Waals surface area contributed by atoms with Gasteiger partial charge in [0.15, 0.2) is 8.03 Å². The third-order valence-corrected chi connectivity index (χ3v) is 6.92. The molecular formula is C22H35O5P. The molecule has 158 valence electrons. The molecular weight excluding hydrogens is 375 g/mol. The van der Waals surface area contributed by atoms with Crippen LogP contribution in [-0.2, 0) is 26.7 Å². The molecule has 5 nitrogen and oxygen atoms in total. The summed E-state index contributed by atoms with van der Waals surface area (Å²) in [4.78, 5) is 10.5. The van der Waals surface area contributed by atoms with E-state index in [0.717, 1.165) is 25.2 Å². The molecule has 1 fully saturated rings. The average Bonchev–Trinajstić information content (AvgIpc) is 2.60. The SMILES string of the molecule is Cc1cc(C)c(CCCO[PH](=O)CC(O)CC(=O)O)c(CC2CCCCC2)c1. The summed E-state index contributed by atoms with van der Waals surface area (Å²) in [6.45, 7) is 4.69. The van der Waals surface area contributed by atoms with Gasteiger partial charge in [-0.2, -0.15) is 0 Å². The minimum Gasteiger partial charge on any atom is -0.481 e. The summed E-state index contributed by atoms with van der Waals surface area (Å²) >= 11 is 0. The quantitative estimate of drug-likeness (QED) is 0.409. The number of hydrogen-bond acceptors (Lipinski definition) is 4. The van der Waals surface area contributed by atoms with Gasteiger partial charge in [-0.25, -0.2) is 0 Å². The van der Waals surface area contributed by atoms with Crippen molar-refractivity contribution in [3.05, 3.63) is 34.4 Å². The van der Waals surface area contributed by atoms with Crippen LogP contribution in [0.5, 0.6) is 0 Å². The number of carbonyl (C=O) groups is 1. The van der Waals surface area contributed by atoms with Crippen LogP contribution >= 0.6 is 8.03 Å². The van der Waals surface area contributed by atoms with E-state index in [1.165, 1.54) is 54.4 Å². The van der Waals surface area contributed by atoms with Gasteiger partial charge in [-0.1, -0.05) is 49.8 Å². The summed E-state index contributed by atoms with van der Waals surface area (Å²) in [6, 6.07) is 4.55. The van der Waals surface area contributed by atoms with Crippen molar-refractivity contribution in [3.8, 4) is 0 Å². The first-order valence-corrected chi connectivity index (χ1v) is 12.0. The zero-order valence-corrected chi connectivity index (χ0v) is 18.2. The molecule has 0 amide bonds. The van der Waals surface area contributed by atoms with Crippen LogP contribution < -0.4 is 0 Å². The number of aryl methyl sites for hydroxylation is 2. The summed E-state index contributed by atoms with van der Waals surface area (Å²) in [5, 5.41) is 18.2. The van der Waals surface area contributed by atoms with Gasteiger partial charge in [0, 0.05) is 6.16 Å². The zero-order chi connectivity index (χ0) is 20.5. The van der Waals surface area contributed by atoms with Crippen LogP contribution in [0.25, 0.3) is 0 Å². The van der Waals surface area contributed by atoms with Crippen molar-refractivity contribution >= 4 is 14.0 Å². The highest BCUT2D eigenvalue weighted by Crippen LogP contribution is 2.30. The molecule has 1 saturated carbocycles. The number of carboxylic acids is 1. The second kappa shape index (κ2) is 11.7. The van der Waals surface area contributed by atoms with Crippen molar-refractivity contribution in [1.82, 2.24) is 0 Å². The largest absolute Gasteiger partial charge is 0.481 e. The maximum Gasteiger partial charge on any atom is 0.305 e. The van der Waals surface area contributed by atoms with Gasteiger partial charge in [-0.15, -0.1) is 0 Å². The number of benzene rings is 1. The van der Waals surface area contributed by atoms with Crippen molar-refractivity contribution in [2.24, 2.45) is 5.92 Å². The summed E-state index contributed by atoms with van der Waals surface area (Å²) in [7, 11) is -2.40. The Bertz CT molecular complexity index is 667. The minimum atomic E-state index is -2.40. The van der Waals surface area contributed by atoms with Crippen LogP contribution in [0.15, 0.2) is 12.1 Å². The monoisotopic (exact) mass is 410 g/mol. The molecule has 0 aromatic heterocycles. The van der Waals surface area contributed by atoms with Crippen LogP contribution in [0.2, 0.25) is 0 Å². The van der Waals surface area contributed by atoms with Crippen LogP contribution in [0.3, 0.4) is 0 Å². The van der Waals surface area contributed by atoms with Crippen molar-refractivity contribution in [1.29, 1.82) is 0 Å². The number of hydrogen-bond donors (Lipinski definition) is 2. The molecule has 0 bridgehead atoms. The van der Waals surface area contributed by atoms with E-state index in [4.69, 9.17) is 9.63 Å². The maximum absolute atomic E-state index is 11.9. The number of aliphatic hydroxyl groups is 1. The molecule has 0 heterocycles. The lowest BCUT2D eigenvalue weighted by Crippen LogP contribution is -2.15. The molecule has 1 aliphatic rings. The van der Waals surface area contributed by atoms with Gasteiger partial charge in [0.1, 0.15) is 0 Å². The average molecular weight is 410 g/mol. The van der Waals surface area contributed by atoms with Crippen molar-refractivity contribution in [3.63, 3.8) is 0 Å². The lowest BCUT2D eigenvalue weighted by molar-refractivity contribution is -0.138. The molecule has 2 rings (SSSR count). The van der Waals surface area contributed by atoms with Crippen molar-refractivity contribution in [2.45, 2.75) is 77.7 Å². The molecule has 28 heavy (non-hydrogen) atoms. The Morgan fingerprint density at radius 2 is 1.96 bits per heavy atom. The summed E-state index contributed by atoms with van der Waals surface area (Å²) in [5.74, 6) is -0.306. The molecule has 1 aromatic carbocycles. The van der Waals surface area contributed by atoms with E-state index in [2.05, 4.69) is 26.0 Å². The predicted octanol–water partition coefficient (Wildman–Crippen LogP) is 4.69. The lowest BCUT2D eigenvalue weighted by atomic mass is 9.82. The van der Waals surface area contributed by atoms with Crippen molar-refractivity contribution in [2.75, 3.05) is 12.8 Å². The molecule has 0 radical (unpaired) electrons. The highest BCUT2D eigenvalue weighted by Gasteiger charge is 2.17. The summed E-state index contributed by atoms with van der Waals surface area (Å²) in [6.07, 6.45) is 7.94. The first-order valence-electron chi connectivity index (χ1n) is 10.5. The van der Waals surface area contributed by atoms with E-state index in [-0.39, 0.29) is 6.16 Å². The summed E-state index contributed by atoms with van der Waals surface area (Å²) < 4.78 is 17.3. The van der Waals surface area contributed by atoms with Gasteiger partial charge >= 0.3 is 5.97 Å². The third kappa shape index (κ3) is 8.06. The molecule has 2 N–H and O–H groups in total. The molecule has 0 spiro atoms. The van der Waals surface area contributed by atoms with Gasteiger partial charge in [-0.05, 0) is 55.7 Å². The van der Waals surface area contributed by atoms with Crippen LogP contribution in [0.4, 0.5) is 0 Å². The third-order valence-electron chi connectivity index (χ3n) is 5.59. The Hall–Kier alpha value is -1.16. The standard InChI is InChI=1S/C22H35O5P/c1-16-11-17(2)21(19(12-16)13-18-7-4-3-5-8-18)9-6-10-27-28(26)15-20(23)14-22(24)25/h11-12,18,20,23,28H,3-10,13-15H2,1-2H3,(H,24,25). The molecule has 0 saturated heterocycles. The molecule has 1 aliphatic carbocycles. The van der Waals surface area contributed by atoms with E-state index in [9.17, 15) is 14.5 Å². The second-order valence-electron chi connectivity index (χ2n) is 8.21. The van der Waals surface area contributed by atoms with E-state index in [0.29, 0.717) is 6.61 Å². The Balaban J connectivity index is 1.85. The van der Waals surface area contributed by atoms with E-state index in [1.54, 1.807) is 0 Å². The summed E-state index contributed by atoms with van der Waals surface area (Å²) in [5.41, 5.74) is 5.47. The smallest absolute Gasteiger partial charge is 0.305 e. The van der Waals surface area contributed by atoms with Gasteiger partial charge in [0.05, 0.1) is 19.1 Å². The number of aliphatic carboxylic acids is 1. The molecule has 6 heteroatoms. The molecule has 0 aliphatic heterocycles. The Labute approximate surface area is 169 Å². The Kier molecular flexibility index (Phi) is 9.70. The topological polar surface area (TPSA) is 83.8 Å². The zero-order valence-electron chi connectivity index (χ0n) is 17.2. The van der Waals surface area contributed by atoms with E-state index >= 15 is 0 Å². The Morgan fingerprint density at radius 1 is 1.25 bits per heavy atom. The van der Waals surface area contributed by atoms with E-state index in [1.807, 2.05) is 0 Å². The fourth-order valence-corrected chi connectivity index (χ4v) is 5.31. The number of rotatable bonds is 11. The number of aliphatic hydroxyl groups excluding tert-OH is 1. The normalized spacial score (nSPS) is 17.4. The van der Waals surface area contributed by atoms with Crippen LogP contribution in [-0.4, -0.2) is 35.1 Å². The highest BCUT2D eigenvalue weighted by molar-refractivity contribution is 7.39. The first kappa shape index (κ1) is 23.1. The van der Waals surface area contributed by atoms with Gasteiger partial charge < -0.3 is 14.7 Å². The fourth-order valence-electron chi connectivity index (χ4n) is 4.29. The first-order chi connectivity index (χ1) is 13.3. The van der Waals surface area contributed by atoms with Crippen LogP contribution in [0.1, 0.15) is 67.2 Å². The molecule has 2 atom stereocenters. The van der Waals surface area contributed by atoms with Gasteiger partial charge in [0.25, 0.3) is 0 Å². The number of carboxylic acid groups (broad SMARTS) is 1. The lowest BCUT2D eigenvalue weighted by Gasteiger charge is -2.24. The fraction of sp³-hybridized carbons (Fsp3) is 0.682. The minimum absolute atomic E-state index is 0.0898.